The van der Waals surface area contributed by atoms with E-state index in [2.05, 4.69) is 10.6 Å². The summed E-state index contributed by atoms with van der Waals surface area (Å²) in [5.74, 6) is 1.30. The fourth-order valence-corrected chi connectivity index (χ4v) is 2.77. The van der Waals surface area contributed by atoms with Crippen molar-refractivity contribution in [2.24, 2.45) is 5.92 Å². The lowest BCUT2D eigenvalue weighted by Gasteiger charge is -2.21. The molecule has 2 aromatic carbocycles. The van der Waals surface area contributed by atoms with Gasteiger partial charge in [0, 0.05) is 25.1 Å². The van der Waals surface area contributed by atoms with Crippen molar-refractivity contribution < 1.29 is 14.3 Å². The maximum atomic E-state index is 12.3. The van der Waals surface area contributed by atoms with Crippen LogP contribution in [0.1, 0.15) is 24.0 Å². The minimum absolute atomic E-state index is 0.0147. The zero-order valence-corrected chi connectivity index (χ0v) is 14.2. The molecular formula is C20H22N2O3. The number of rotatable bonds is 5. The Labute approximate surface area is 147 Å². The smallest absolute Gasteiger partial charge is 0.225 e. The van der Waals surface area contributed by atoms with Crippen LogP contribution in [0.5, 0.6) is 11.5 Å². The lowest BCUT2D eigenvalue weighted by molar-refractivity contribution is -0.129. The number of ether oxygens (including phenoxy) is 1. The third kappa shape index (κ3) is 4.59. The summed E-state index contributed by atoms with van der Waals surface area (Å²) >= 11 is 0. The first-order valence-corrected chi connectivity index (χ1v) is 8.48. The summed E-state index contributed by atoms with van der Waals surface area (Å²) in [6, 6.07) is 15.5. The number of hydrogen-bond acceptors (Lipinski definition) is 3. The van der Waals surface area contributed by atoms with Gasteiger partial charge in [0.1, 0.15) is 11.5 Å². The molecular weight excluding hydrogens is 316 g/mol. The first-order valence-electron chi connectivity index (χ1n) is 8.48. The summed E-state index contributed by atoms with van der Waals surface area (Å²) < 4.78 is 5.95. The molecule has 0 unspecified atom stereocenters. The van der Waals surface area contributed by atoms with Crippen LogP contribution in [0.4, 0.5) is 0 Å². The molecule has 0 aromatic heterocycles. The van der Waals surface area contributed by atoms with E-state index in [1.165, 1.54) is 5.56 Å². The highest BCUT2D eigenvalue weighted by Gasteiger charge is 2.24. The molecule has 0 aliphatic carbocycles. The predicted octanol–water partition coefficient (Wildman–Crippen LogP) is 2.93. The van der Waals surface area contributed by atoms with Crippen molar-refractivity contribution in [2.45, 2.75) is 26.3 Å². The molecule has 5 nitrogen and oxygen atoms in total. The zero-order chi connectivity index (χ0) is 17.6. The standard InChI is InChI=1S/C20H22N2O3/c1-14-6-9-17(10-7-14)25-18-5-3-2-4-15(18)12-22-20(24)16-8-11-19(23)21-13-16/h2-7,9-10,16H,8,11-13H2,1H3,(H,21,23)(H,22,24)/t16-/m1/s1. The number of aryl methyl sites for hydroxylation is 1. The Balaban J connectivity index is 1.61. The molecule has 5 heteroatoms. The van der Waals surface area contributed by atoms with Gasteiger partial charge in [-0.15, -0.1) is 0 Å². The minimum atomic E-state index is -0.164. The minimum Gasteiger partial charge on any atom is -0.457 e. The molecule has 3 rings (SSSR count). The summed E-state index contributed by atoms with van der Waals surface area (Å²) in [5, 5.41) is 5.68. The number of amides is 2. The van der Waals surface area contributed by atoms with Gasteiger partial charge in [-0.3, -0.25) is 9.59 Å². The molecule has 0 saturated carbocycles. The number of carbonyl (C=O) groups is 2. The monoisotopic (exact) mass is 338 g/mol. The molecule has 1 aliphatic rings. The molecule has 0 bridgehead atoms. The molecule has 0 radical (unpaired) electrons. The average Bonchev–Trinajstić information content (AvgIpc) is 2.63. The van der Waals surface area contributed by atoms with Crippen molar-refractivity contribution in [3.63, 3.8) is 0 Å². The highest BCUT2D eigenvalue weighted by molar-refractivity contribution is 5.83. The van der Waals surface area contributed by atoms with Crippen molar-refractivity contribution in [3.05, 3.63) is 59.7 Å². The normalized spacial score (nSPS) is 16.8. The Bertz CT molecular complexity index is 746. The van der Waals surface area contributed by atoms with E-state index in [9.17, 15) is 9.59 Å². The van der Waals surface area contributed by atoms with E-state index in [1.807, 2.05) is 55.5 Å². The van der Waals surface area contributed by atoms with Gasteiger partial charge in [-0.2, -0.15) is 0 Å². The highest BCUT2D eigenvalue weighted by Crippen LogP contribution is 2.25. The molecule has 1 atom stereocenters. The van der Waals surface area contributed by atoms with Gasteiger partial charge in [-0.1, -0.05) is 35.9 Å². The summed E-state index contributed by atoms with van der Waals surface area (Å²) in [6.45, 7) is 2.83. The number of benzene rings is 2. The summed E-state index contributed by atoms with van der Waals surface area (Å²) in [6.07, 6.45) is 1.00. The second-order valence-electron chi connectivity index (χ2n) is 6.28. The van der Waals surface area contributed by atoms with Crippen LogP contribution < -0.4 is 15.4 Å². The summed E-state index contributed by atoms with van der Waals surface area (Å²) in [7, 11) is 0. The van der Waals surface area contributed by atoms with Gasteiger partial charge in [0.15, 0.2) is 0 Å². The van der Waals surface area contributed by atoms with Crippen LogP contribution in [0.3, 0.4) is 0 Å². The Morgan fingerprint density at radius 3 is 2.68 bits per heavy atom. The molecule has 1 aliphatic heterocycles. The number of hydrogen-bond donors (Lipinski definition) is 2. The van der Waals surface area contributed by atoms with E-state index in [0.717, 1.165) is 17.1 Å². The van der Waals surface area contributed by atoms with E-state index < -0.39 is 0 Å². The summed E-state index contributed by atoms with van der Waals surface area (Å²) in [5.41, 5.74) is 2.09. The maximum Gasteiger partial charge on any atom is 0.225 e. The van der Waals surface area contributed by atoms with Crippen molar-refractivity contribution in [3.8, 4) is 11.5 Å². The molecule has 0 spiro atoms. The lowest BCUT2D eigenvalue weighted by Crippen LogP contribution is -2.42. The van der Waals surface area contributed by atoms with Crippen LogP contribution in [0.15, 0.2) is 48.5 Å². The molecule has 25 heavy (non-hydrogen) atoms. The van der Waals surface area contributed by atoms with E-state index in [-0.39, 0.29) is 17.7 Å². The third-order valence-electron chi connectivity index (χ3n) is 4.31. The van der Waals surface area contributed by atoms with Crippen LogP contribution >= 0.6 is 0 Å². The van der Waals surface area contributed by atoms with E-state index in [1.54, 1.807) is 0 Å². The number of para-hydroxylation sites is 1. The van der Waals surface area contributed by atoms with Gasteiger partial charge < -0.3 is 15.4 Å². The van der Waals surface area contributed by atoms with Crippen molar-refractivity contribution in [1.82, 2.24) is 10.6 Å². The maximum absolute atomic E-state index is 12.3. The van der Waals surface area contributed by atoms with Crippen LogP contribution in [-0.2, 0) is 16.1 Å². The lowest BCUT2D eigenvalue weighted by atomic mass is 9.98. The molecule has 1 fully saturated rings. The van der Waals surface area contributed by atoms with Crippen molar-refractivity contribution in [1.29, 1.82) is 0 Å². The van der Waals surface area contributed by atoms with Gasteiger partial charge >= 0.3 is 0 Å². The predicted molar refractivity (Wildman–Crippen MR) is 95.3 cm³/mol. The van der Waals surface area contributed by atoms with Gasteiger partial charge in [0.25, 0.3) is 0 Å². The first kappa shape index (κ1) is 17.0. The second kappa shape index (κ2) is 7.83. The number of piperidine rings is 1. The van der Waals surface area contributed by atoms with Crippen LogP contribution in [0, 0.1) is 12.8 Å². The first-order chi connectivity index (χ1) is 12.1. The largest absolute Gasteiger partial charge is 0.457 e. The SMILES string of the molecule is Cc1ccc(Oc2ccccc2CNC(=O)[C@@H]2CCC(=O)NC2)cc1. The van der Waals surface area contributed by atoms with E-state index in [0.29, 0.717) is 25.9 Å². The van der Waals surface area contributed by atoms with E-state index in [4.69, 9.17) is 4.74 Å². The molecule has 130 valence electrons. The van der Waals surface area contributed by atoms with Gasteiger partial charge in [-0.25, -0.2) is 0 Å². The van der Waals surface area contributed by atoms with Crippen LogP contribution in [0.2, 0.25) is 0 Å². The van der Waals surface area contributed by atoms with Gasteiger partial charge in [-0.05, 0) is 31.5 Å². The molecule has 2 amide bonds. The molecule has 2 N–H and O–H groups in total. The van der Waals surface area contributed by atoms with Crippen molar-refractivity contribution >= 4 is 11.8 Å². The molecule has 1 saturated heterocycles. The fourth-order valence-electron chi connectivity index (χ4n) is 2.77. The van der Waals surface area contributed by atoms with Gasteiger partial charge in [0.05, 0.1) is 5.92 Å². The Hall–Kier alpha value is -2.82. The van der Waals surface area contributed by atoms with Crippen LogP contribution in [0.25, 0.3) is 0 Å². The molecule has 2 aromatic rings. The Kier molecular flexibility index (Phi) is 5.33. The average molecular weight is 338 g/mol. The van der Waals surface area contributed by atoms with Crippen LogP contribution in [-0.4, -0.2) is 18.4 Å². The zero-order valence-electron chi connectivity index (χ0n) is 14.2. The second-order valence-corrected chi connectivity index (χ2v) is 6.28. The Morgan fingerprint density at radius 1 is 1.20 bits per heavy atom. The number of nitrogens with one attached hydrogen (secondary N) is 2. The third-order valence-corrected chi connectivity index (χ3v) is 4.31. The Morgan fingerprint density at radius 2 is 1.96 bits per heavy atom. The van der Waals surface area contributed by atoms with E-state index >= 15 is 0 Å². The topological polar surface area (TPSA) is 67.4 Å². The number of carbonyl (C=O) groups excluding carboxylic acids is 2. The molecule has 1 heterocycles. The van der Waals surface area contributed by atoms with Gasteiger partial charge in [0.2, 0.25) is 11.8 Å². The fraction of sp³-hybridized carbons (Fsp3) is 0.300. The quantitative estimate of drug-likeness (QED) is 0.881. The summed E-state index contributed by atoms with van der Waals surface area (Å²) in [4.78, 5) is 23.5. The highest BCUT2D eigenvalue weighted by atomic mass is 16.5. The van der Waals surface area contributed by atoms with Crippen molar-refractivity contribution in [2.75, 3.05) is 6.54 Å².